The maximum atomic E-state index is 12.7. The molecule has 0 bridgehead atoms. The fraction of sp³-hybridized carbons (Fsp3) is 0.261. The molecule has 0 saturated carbocycles. The second-order valence-corrected chi connectivity index (χ2v) is 9.63. The number of rotatable bonds is 6. The van der Waals surface area contributed by atoms with Gasteiger partial charge in [-0.1, -0.05) is 30.0 Å². The molecule has 1 spiro atoms. The molecule has 166 valence electrons. The number of benzene rings is 2. The number of anilines is 2. The molecule has 0 aliphatic carbocycles. The van der Waals surface area contributed by atoms with Gasteiger partial charge < -0.3 is 14.4 Å². The van der Waals surface area contributed by atoms with E-state index >= 15 is 0 Å². The van der Waals surface area contributed by atoms with Crippen LogP contribution in [0.1, 0.15) is 20.8 Å². The number of carbonyl (C=O) groups is 2. The molecule has 9 heteroatoms. The van der Waals surface area contributed by atoms with E-state index < -0.39 is 10.3 Å². The van der Waals surface area contributed by atoms with Crippen LogP contribution in [0, 0.1) is 0 Å². The molecule has 0 saturated heterocycles. The van der Waals surface area contributed by atoms with E-state index in [1.54, 1.807) is 26.0 Å². The lowest BCUT2D eigenvalue weighted by Crippen LogP contribution is -2.49. The van der Waals surface area contributed by atoms with Crippen LogP contribution in [0.5, 0.6) is 5.75 Å². The quantitative estimate of drug-likeness (QED) is 0.558. The highest BCUT2D eigenvalue weighted by Crippen LogP contribution is 2.60. The van der Waals surface area contributed by atoms with E-state index in [2.05, 4.69) is 10.0 Å². The molecule has 32 heavy (non-hydrogen) atoms. The molecule has 0 aromatic heterocycles. The fourth-order valence-corrected chi connectivity index (χ4v) is 6.55. The average Bonchev–Trinajstić information content (AvgIpc) is 3.32. The van der Waals surface area contributed by atoms with E-state index in [4.69, 9.17) is 9.47 Å². The normalized spacial score (nSPS) is 20.1. The minimum Gasteiger partial charge on any atom is -0.497 e. The number of carbonyl (C=O) groups excluding carboxylic acids is 2. The summed E-state index contributed by atoms with van der Waals surface area (Å²) >= 11 is 2.66. The number of hydrogen-bond donors (Lipinski definition) is 0. The Kier molecular flexibility index (Phi) is 6.21. The number of hydrogen-bond acceptors (Lipinski definition) is 9. The summed E-state index contributed by atoms with van der Waals surface area (Å²) in [5, 5.41) is 6.68. The summed E-state index contributed by atoms with van der Waals surface area (Å²) < 4.78 is 9.60. The van der Waals surface area contributed by atoms with Gasteiger partial charge in [0.2, 0.25) is 9.37 Å². The number of hydrazone groups is 1. The lowest BCUT2D eigenvalue weighted by molar-refractivity contribution is -0.134. The maximum Gasteiger partial charge on any atom is 0.365 e. The van der Waals surface area contributed by atoms with Crippen LogP contribution in [0.3, 0.4) is 0 Å². The lowest BCUT2D eigenvalue weighted by atomic mass is 10.2. The summed E-state index contributed by atoms with van der Waals surface area (Å²) in [5.74, 6) is 0.183. The third-order valence-electron chi connectivity index (χ3n) is 4.97. The van der Waals surface area contributed by atoms with Crippen molar-refractivity contribution in [1.29, 1.82) is 0 Å². The van der Waals surface area contributed by atoms with E-state index in [1.807, 2.05) is 61.5 Å². The molecule has 0 amide bonds. The molecule has 2 aromatic rings. The van der Waals surface area contributed by atoms with Gasteiger partial charge in [0.05, 0.1) is 24.3 Å². The van der Waals surface area contributed by atoms with Gasteiger partial charge in [-0.25, -0.2) is 9.80 Å². The molecular weight excluding hydrogens is 446 g/mol. The Bertz CT molecular complexity index is 1100. The third kappa shape index (κ3) is 3.75. The van der Waals surface area contributed by atoms with Crippen molar-refractivity contribution < 1.29 is 19.1 Å². The first-order chi connectivity index (χ1) is 15.4. The zero-order chi connectivity index (χ0) is 22.9. The van der Waals surface area contributed by atoms with Crippen molar-refractivity contribution in [2.24, 2.45) is 5.10 Å². The molecule has 2 heterocycles. The van der Waals surface area contributed by atoms with E-state index in [9.17, 15) is 9.59 Å². The number of para-hydroxylation sites is 1. The highest BCUT2D eigenvalue weighted by Gasteiger charge is 2.57. The Hall–Kier alpha value is -2.91. The summed E-state index contributed by atoms with van der Waals surface area (Å²) in [6, 6.07) is 17.2. The van der Waals surface area contributed by atoms with Crippen LogP contribution in [-0.4, -0.2) is 34.8 Å². The van der Waals surface area contributed by atoms with Crippen molar-refractivity contribution >= 4 is 51.7 Å². The molecule has 7 nitrogen and oxygen atoms in total. The van der Waals surface area contributed by atoms with Gasteiger partial charge in [-0.05, 0) is 68.9 Å². The lowest BCUT2D eigenvalue weighted by Gasteiger charge is -2.41. The number of ketones is 1. The van der Waals surface area contributed by atoms with Gasteiger partial charge in [0.15, 0.2) is 5.78 Å². The molecule has 1 atom stereocenters. The predicted molar refractivity (Wildman–Crippen MR) is 130 cm³/mol. The van der Waals surface area contributed by atoms with Crippen molar-refractivity contribution in [3.63, 3.8) is 0 Å². The standard InChI is InChI=1S/C23H23N3O4S2/c1-5-30-22(28)21-24-26(18-11-13-19(29-4)14-12-18)23(32-21)25(17-9-7-6-8-10-17)15(2)20(31-23)16(3)27/h6-14H,5H2,1-4H3/t23-/m0/s1. The first-order valence-electron chi connectivity index (χ1n) is 10.1. The number of esters is 1. The van der Waals surface area contributed by atoms with E-state index in [1.165, 1.54) is 23.5 Å². The van der Waals surface area contributed by atoms with Crippen LogP contribution in [0.25, 0.3) is 0 Å². The van der Waals surface area contributed by atoms with Crippen LogP contribution in [0.4, 0.5) is 11.4 Å². The SMILES string of the molecule is CCOC(=O)C1=NN(c2ccc(OC)cc2)[C@]2(S1)SC(C(C)=O)=C(C)N2c1ccccc1. The van der Waals surface area contributed by atoms with E-state index in [0.29, 0.717) is 10.7 Å². The number of nitrogens with zero attached hydrogens (tertiary/aromatic N) is 3. The minimum absolute atomic E-state index is 0.0369. The smallest absolute Gasteiger partial charge is 0.365 e. The zero-order valence-electron chi connectivity index (χ0n) is 18.2. The van der Waals surface area contributed by atoms with Gasteiger partial charge >= 0.3 is 5.97 Å². The molecule has 0 fully saturated rings. The van der Waals surface area contributed by atoms with Crippen LogP contribution >= 0.6 is 23.5 Å². The average molecular weight is 470 g/mol. The number of allylic oxidation sites excluding steroid dienone is 2. The zero-order valence-corrected chi connectivity index (χ0v) is 19.8. The van der Waals surface area contributed by atoms with Crippen molar-refractivity contribution in [3.05, 3.63) is 65.2 Å². The summed E-state index contributed by atoms with van der Waals surface area (Å²) in [6.45, 7) is 5.48. The van der Waals surface area contributed by atoms with Crippen molar-refractivity contribution in [3.8, 4) is 5.75 Å². The first-order valence-corrected chi connectivity index (χ1v) is 11.7. The van der Waals surface area contributed by atoms with Crippen LogP contribution < -0.4 is 14.6 Å². The van der Waals surface area contributed by atoms with Crippen LogP contribution in [0.2, 0.25) is 0 Å². The van der Waals surface area contributed by atoms with Gasteiger partial charge in [0, 0.05) is 11.4 Å². The fourth-order valence-electron chi connectivity index (χ4n) is 3.59. The van der Waals surface area contributed by atoms with Gasteiger partial charge in [-0.3, -0.25) is 4.79 Å². The Labute approximate surface area is 195 Å². The van der Waals surface area contributed by atoms with Crippen LogP contribution in [-0.2, 0) is 14.3 Å². The molecule has 2 aliphatic heterocycles. The summed E-state index contributed by atoms with van der Waals surface area (Å²) in [5.41, 5.74) is 2.45. The summed E-state index contributed by atoms with van der Waals surface area (Å²) in [7, 11) is 1.61. The third-order valence-corrected chi connectivity index (χ3v) is 7.94. The highest BCUT2D eigenvalue weighted by atomic mass is 32.2. The number of thioether (sulfide) groups is 2. The molecule has 2 aliphatic rings. The molecule has 0 N–H and O–H groups in total. The Morgan fingerprint density at radius 1 is 1.03 bits per heavy atom. The monoisotopic (exact) mass is 469 g/mol. The van der Waals surface area contributed by atoms with Crippen LogP contribution in [0.15, 0.2) is 70.3 Å². The maximum absolute atomic E-state index is 12.7. The van der Waals surface area contributed by atoms with Crippen molar-refractivity contribution in [2.45, 2.75) is 25.1 Å². The number of ether oxygens (including phenoxy) is 2. The van der Waals surface area contributed by atoms with Gasteiger partial charge in [-0.15, -0.1) is 0 Å². The Morgan fingerprint density at radius 3 is 2.31 bits per heavy atom. The van der Waals surface area contributed by atoms with E-state index in [-0.39, 0.29) is 17.4 Å². The minimum atomic E-state index is -0.941. The molecular formula is C23H23N3O4S2. The number of Topliss-reactive ketones (excluding diaryl/α,β-unsaturated/α-hetero) is 1. The predicted octanol–water partition coefficient (Wildman–Crippen LogP) is 4.81. The molecule has 0 radical (unpaired) electrons. The largest absolute Gasteiger partial charge is 0.497 e. The second-order valence-electron chi connectivity index (χ2n) is 7.03. The van der Waals surface area contributed by atoms with E-state index in [0.717, 1.165) is 17.1 Å². The first kappa shape index (κ1) is 22.3. The van der Waals surface area contributed by atoms with Gasteiger partial charge in [-0.2, -0.15) is 5.10 Å². The summed E-state index contributed by atoms with van der Waals surface area (Å²) in [6.07, 6.45) is 0. The molecule has 2 aromatic carbocycles. The number of methoxy groups -OCH3 is 1. The summed E-state index contributed by atoms with van der Waals surface area (Å²) in [4.78, 5) is 27.9. The van der Waals surface area contributed by atoms with Gasteiger partial charge in [0.1, 0.15) is 5.75 Å². The van der Waals surface area contributed by atoms with Gasteiger partial charge in [0.25, 0.3) is 0 Å². The topological polar surface area (TPSA) is 71.4 Å². The Morgan fingerprint density at radius 2 is 1.72 bits per heavy atom. The molecule has 0 unspecified atom stereocenters. The van der Waals surface area contributed by atoms with Crippen molar-refractivity contribution in [1.82, 2.24) is 0 Å². The highest BCUT2D eigenvalue weighted by molar-refractivity contribution is 8.29. The Balaban J connectivity index is 1.88. The second kappa shape index (κ2) is 8.91. The van der Waals surface area contributed by atoms with Crippen molar-refractivity contribution in [2.75, 3.05) is 23.6 Å². The molecule has 4 rings (SSSR count).